The van der Waals surface area contributed by atoms with E-state index in [1.165, 1.54) is 25.7 Å². The molecule has 24 heavy (non-hydrogen) atoms. The quantitative estimate of drug-likeness (QED) is 0.331. The van der Waals surface area contributed by atoms with Crippen molar-refractivity contribution in [3.63, 3.8) is 0 Å². The third-order valence-electron chi connectivity index (χ3n) is 4.99. The van der Waals surface area contributed by atoms with Crippen LogP contribution in [0.5, 0.6) is 0 Å². The summed E-state index contributed by atoms with van der Waals surface area (Å²) < 4.78 is 0. The molecule has 2 aliphatic rings. The van der Waals surface area contributed by atoms with Crippen LogP contribution in [0.25, 0.3) is 0 Å². The SMILES string of the molecule is CCC(=NC1CCCCCC1)C1C(=O)N(CC)C(=S)N(CC)C1=O. The molecule has 2 fully saturated rings. The number of carbonyl (C=O) groups excluding carboxylic acids is 2. The molecule has 0 aromatic rings. The number of aliphatic imine (C=N–C) groups is 1. The molecular formula is C18H29N3O2S. The zero-order valence-electron chi connectivity index (χ0n) is 15.1. The van der Waals surface area contributed by atoms with Crippen molar-refractivity contribution in [1.82, 2.24) is 9.80 Å². The van der Waals surface area contributed by atoms with Crippen molar-refractivity contribution < 1.29 is 9.59 Å². The zero-order valence-corrected chi connectivity index (χ0v) is 15.9. The molecule has 6 heteroatoms. The zero-order chi connectivity index (χ0) is 17.7. The Labute approximate surface area is 150 Å². The second-order valence-corrected chi connectivity index (χ2v) is 6.87. The van der Waals surface area contributed by atoms with Gasteiger partial charge in [-0.3, -0.25) is 24.4 Å². The molecule has 2 rings (SSSR count). The highest BCUT2D eigenvalue weighted by atomic mass is 32.1. The molecule has 134 valence electrons. The predicted octanol–water partition coefficient (Wildman–Crippen LogP) is 3.17. The standard InChI is InChI=1S/C18H29N3O2S/c1-4-14(19-13-11-9-7-8-10-12-13)15-16(22)20(5-2)18(24)21(6-3)17(15)23/h13,15H,4-12H2,1-3H3. The fourth-order valence-electron chi connectivity index (χ4n) is 3.61. The van der Waals surface area contributed by atoms with E-state index >= 15 is 0 Å². The molecule has 1 saturated carbocycles. The van der Waals surface area contributed by atoms with Crippen molar-refractivity contribution in [2.24, 2.45) is 10.9 Å². The average molecular weight is 352 g/mol. The summed E-state index contributed by atoms with van der Waals surface area (Å²) in [5.74, 6) is -1.19. The van der Waals surface area contributed by atoms with E-state index in [2.05, 4.69) is 0 Å². The first-order valence-electron chi connectivity index (χ1n) is 9.28. The molecule has 0 radical (unpaired) electrons. The summed E-state index contributed by atoms with van der Waals surface area (Å²) in [7, 11) is 0. The lowest BCUT2D eigenvalue weighted by molar-refractivity contribution is -0.143. The number of rotatable bonds is 5. The van der Waals surface area contributed by atoms with Crippen LogP contribution in [0.4, 0.5) is 0 Å². The third-order valence-corrected chi connectivity index (χ3v) is 5.43. The lowest BCUT2D eigenvalue weighted by Crippen LogP contribution is -2.61. The molecule has 0 unspecified atom stereocenters. The van der Waals surface area contributed by atoms with E-state index in [0.29, 0.717) is 24.6 Å². The van der Waals surface area contributed by atoms with Crippen LogP contribution in [0.2, 0.25) is 0 Å². The minimum Gasteiger partial charge on any atom is -0.289 e. The molecule has 0 N–H and O–H groups in total. The van der Waals surface area contributed by atoms with Gasteiger partial charge in [0.25, 0.3) is 0 Å². The van der Waals surface area contributed by atoms with Crippen LogP contribution in [0.1, 0.15) is 65.7 Å². The predicted molar refractivity (Wildman–Crippen MR) is 100 cm³/mol. The van der Waals surface area contributed by atoms with Gasteiger partial charge in [0.15, 0.2) is 11.0 Å². The van der Waals surface area contributed by atoms with Crippen LogP contribution in [0.15, 0.2) is 4.99 Å². The van der Waals surface area contributed by atoms with Crippen molar-refractivity contribution in [2.75, 3.05) is 13.1 Å². The van der Waals surface area contributed by atoms with Crippen molar-refractivity contribution in [3.05, 3.63) is 0 Å². The van der Waals surface area contributed by atoms with Crippen LogP contribution >= 0.6 is 12.2 Å². The molecule has 5 nitrogen and oxygen atoms in total. The fraction of sp³-hybridized carbons (Fsp3) is 0.778. The number of thiocarbonyl (C=S) groups is 1. The second-order valence-electron chi connectivity index (χ2n) is 6.50. The lowest BCUT2D eigenvalue weighted by atomic mass is 9.94. The van der Waals surface area contributed by atoms with Crippen molar-refractivity contribution >= 4 is 34.9 Å². The molecule has 0 spiro atoms. The summed E-state index contributed by atoms with van der Waals surface area (Å²) in [5.41, 5.74) is 0.733. The van der Waals surface area contributed by atoms with E-state index in [0.717, 1.165) is 18.6 Å². The van der Waals surface area contributed by atoms with Gasteiger partial charge in [0, 0.05) is 24.8 Å². The Morgan fingerprint density at radius 3 is 1.92 bits per heavy atom. The van der Waals surface area contributed by atoms with Crippen LogP contribution < -0.4 is 0 Å². The van der Waals surface area contributed by atoms with Gasteiger partial charge in [-0.1, -0.05) is 32.6 Å². The van der Waals surface area contributed by atoms with Gasteiger partial charge in [0.05, 0.1) is 0 Å². The van der Waals surface area contributed by atoms with E-state index in [4.69, 9.17) is 17.2 Å². The topological polar surface area (TPSA) is 53.0 Å². The smallest absolute Gasteiger partial charge is 0.247 e. The number of carbonyl (C=O) groups is 2. The Kier molecular flexibility index (Phi) is 6.90. The van der Waals surface area contributed by atoms with Gasteiger partial charge < -0.3 is 0 Å². The van der Waals surface area contributed by atoms with Crippen LogP contribution in [0, 0.1) is 5.92 Å². The van der Waals surface area contributed by atoms with E-state index in [9.17, 15) is 9.59 Å². The Morgan fingerprint density at radius 2 is 1.50 bits per heavy atom. The van der Waals surface area contributed by atoms with Gasteiger partial charge >= 0.3 is 0 Å². The second kappa shape index (κ2) is 8.70. The van der Waals surface area contributed by atoms with Crippen molar-refractivity contribution in [3.8, 4) is 0 Å². The Balaban J connectivity index is 2.31. The molecule has 1 aliphatic carbocycles. The normalized spacial score (nSPS) is 22.3. The Hall–Kier alpha value is -1.30. The summed E-state index contributed by atoms with van der Waals surface area (Å²) >= 11 is 5.33. The summed E-state index contributed by atoms with van der Waals surface area (Å²) in [4.78, 5) is 33.7. The molecule has 0 aromatic carbocycles. The highest BCUT2D eigenvalue weighted by molar-refractivity contribution is 7.80. The maximum absolute atomic E-state index is 12.9. The first-order chi connectivity index (χ1) is 11.5. The highest BCUT2D eigenvalue weighted by Crippen LogP contribution is 2.24. The van der Waals surface area contributed by atoms with Gasteiger partial charge in [0.1, 0.15) is 0 Å². The molecule has 0 aromatic heterocycles. The first-order valence-corrected chi connectivity index (χ1v) is 9.69. The number of nitrogens with zero attached hydrogens (tertiary/aromatic N) is 3. The van der Waals surface area contributed by atoms with Crippen molar-refractivity contribution in [1.29, 1.82) is 0 Å². The van der Waals surface area contributed by atoms with Gasteiger partial charge in [-0.2, -0.15) is 0 Å². The summed E-state index contributed by atoms with van der Waals surface area (Å²) in [6.07, 6.45) is 7.64. The summed E-state index contributed by atoms with van der Waals surface area (Å²) in [6.45, 7) is 6.73. The largest absolute Gasteiger partial charge is 0.289 e. The summed E-state index contributed by atoms with van der Waals surface area (Å²) in [5, 5.41) is 0.330. The lowest BCUT2D eigenvalue weighted by Gasteiger charge is -2.39. The molecule has 2 amide bonds. The summed E-state index contributed by atoms with van der Waals surface area (Å²) in [6, 6.07) is 0.252. The maximum Gasteiger partial charge on any atom is 0.247 e. The van der Waals surface area contributed by atoms with Gasteiger partial charge in [-0.05, 0) is 45.3 Å². The molecule has 0 atom stereocenters. The highest BCUT2D eigenvalue weighted by Gasteiger charge is 2.44. The Morgan fingerprint density at radius 1 is 1.00 bits per heavy atom. The Bertz CT molecular complexity index is 498. The van der Waals surface area contributed by atoms with Gasteiger partial charge in [0.2, 0.25) is 11.8 Å². The average Bonchev–Trinajstić information content (AvgIpc) is 2.83. The number of hydrogen-bond donors (Lipinski definition) is 0. The van der Waals surface area contributed by atoms with Crippen LogP contribution in [0.3, 0.4) is 0 Å². The van der Waals surface area contributed by atoms with Gasteiger partial charge in [-0.15, -0.1) is 0 Å². The van der Waals surface area contributed by atoms with Crippen LogP contribution in [-0.2, 0) is 9.59 Å². The van der Waals surface area contributed by atoms with E-state index in [-0.39, 0.29) is 17.9 Å². The molecule has 1 heterocycles. The molecule has 0 bridgehead atoms. The number of hydrogen-bond acceptors (Lipinski definition) is 4. The van der Waals surface area contributed by atoms with E-state index in [1.807, 2.05) is 20.8 Å². The molecule has 1 aliphatic heterocycles. The minimum absolute atomic E-state index is 0.202. The maximum atomic E-state index is 12.9. The number of amides is 2. The first kappa shape index (κ1) is 19.0. The van der Waals surface area contributed by atoms with Gasteiger partial charge in [-0.25, -0.2) is 0 Å². The molecule has 1 saturated heterocycles. The minimum atomic E-state index is -0.787. The van der Waals surface area contributed by atoms with Crippen LogP contribution in [-0.4, -0.2) is 51.6 Å². The monoisotopic (exact) mass is 351 g/mol. The van der Waals surface area contributed by atoms with E-state index in [1.54, 1.807) is 9.80 Å². The van der Waals surface area contributed by atoms with Crippen molar-refractivity contribution in [2.45, 2.75) is 71.8 Å². The van der Waals surface area contributed by atoms with E-state index < -0.39 is 5.92 Å². The molecular weight excluding hydrogens is 322 g/mol. The third kappa shape index (κ3) is 3.85. The fourth-order valence-corrected chi connectivity index (χ4v) is 4.05.